The predicted octanol–water partition coefficient (Wildman–Crippen LogP) is 4.98. The highest BCUT2D eigenvalue weighted by Gasteiger charge is 2.24. The zero-order valence-electron chi connectivity index (χ0n) is 16.7. The standard InChI is InChI=1S/C23H16Cl2N6O/c24-17-3-7-21(8-4-17)30-13-19(26-28-30)11-15-1-2-16(23(15)32)12-20-14-31(29-27-20)22-9-5-18(25)6-10-22/h3-14H,1-2H2/b15-11+,16-12+. The summed E-state index contributed by atoms with van der Waals surface area (Å²) in [6, 6.07) is 14.6. The molecule has 4 aromatic rings. The molecule has 1 saturated carbocycles. The maximum absolute atomic E-state index is 12.9. The van der Waals surface area contributed by atoms with Crippen molar-refractivity contribution in [2.24, 2.45) is 0 Å². The number of allylic oxidation sites excluding steroid dienone is 2. The van der Waals surface area contributed by atoms with E-state index in [1.54, 1.807) is 58.2 Å². The molecule has 0 bridgehead atoms. The van der Waals surface area contributed by atoms with Crippen LogP contribution < -0.4 is 0 Å². The van der Waals surface area contributed by atoms with Crippen molar-refractivity contribution < 1.29 is 4.79 Å². The Bertz CT molecular complexity index is 1250. The zero-order chi connectivity index (χ0) is 22.1. The van der Waals surface area contributed by atoms with Crippen LogP contribution in [0.25, 0.3) is 23.5 Å². The molecule has 0 spiro atoms. The van der Waals surface area contributed by atoms with E-state index in [1.807, 2.05) is 24.3 Å². The van der Waals surface area contributed by atoms with Crippen molar-refractivity contribution in [3.05, 3.63) is 93.5 Å². The van der Waals surface area contributed by atoms with Crippen LogP contribution in [0, 0.1) is 0 Å². The molecule has 158 valence electrons. The number of carbonyl (C=O) groups is 1. The molecule has 0 amide bonds. The molecule has 0 unspecified atom stereocenters. The third-order valence-electron chi connectivity index (χ3n) is 5.10. The number of halogens is 2. The normalized spacial score (nSPS) is 16.4. The van der Waals surface area contributed by atoms with Crippen molar-refractivity contribution in [3.8, 4) is 11.4 Å². The van der Waals surface area contributed by atoms with Gasteiger partial charge in [-0.05, 0) is 73.5 Å². The molecule has 9 heteroatoms. The van der Waals surface area contributed by atoms with Crippen LogP contribution in [0.3, 0.4) is 0 Å². The van der Waals surface area contributed by atoms with E-state index in [4.69, 9.17) is 23.2 Å². The molecular formula is C23H16Cl2N6O. The number of benzene rings is 2. The van der Waals surface area contributed by atoms with E-state index < -0.39 is 0 Å². The predicted molar refractivity (Wildman–Crippen MR) is 123 cm³/mol. The van der Waals surface area contributed by atoms with Crippen LogP contribution in [0.2, 0.25) is 10.0 Å². The zero-order valence-corrected chi connectivity index (χ0v) is 18.2. The number of rotatable bonds is 4. The Labute approximate surface area is 193 Å². The average molecular weight is 463 g/mol. The Morgan fingerprint density at radius 2 is 1.09 bits per heavy atom. The lowest BCUT2D eigenvalue weighted by molar-refractivity contribution is -0.111. The topological polar surface area (TPSA) is 78.5 Å². The fourth-order valence-corrected chi connectivity index (χ4v) is 3.71. The second-order valence-electron chi connectivity index (χ2n) is 7.30. The molecule has 7 nitrogen and oxygen atoms in total. The number of hydrogen-bond acceptors (Lipinski definition) is 5. The summed E-state index contributed by atoms with van der Waals surface area (Å²) < 4.78 is 3.29. The number of ketones is 1. The second-order valence-corrected chi connectivity index (χ2v) is 8.17. The molecule has 1 fully saturated rings. The van der Waals surface area contributed by atoms with Gasteiger partial charge in [-0.3, -0.25) is 4.79 Å². The number of Topliss-reactive ketones (excluding diaryl/α,β-unsaturated/α-hetero) is 1. The lowest BCUT2D eigenvalue weighted by atomic mass is 10.1. The molecule has 0 saturated heterocycles. The first-order valence-electron chi connectivity index (χ1n) is 9.87. The van der Waals surface area contributed by atoms with Crippen LogP contribution in [0.15, 0.2) is 72.1 Å². The largest absolute Gasteiger partial charge is 0.289 e. The van der Waals surface area contributed by atoms with Gasteiger partial charge in [0.1, 0.15) is 11.4 Å². The van der Waals surface area contributed by atoms with Crippen LogP contribution >= 0.6 is 23.2 Å². The van der Waals surface area contributed by atoms with Gasteiger partial charge in [-0.25, -0.2) is 9.36 Å². The van der Waals surface area contributed by atoms with Crippen molar-refractivity contribution in [1.82, 2.24) is 30.0 Å². The monoisotopic (exact) mass is 462 g/mol. The smallest absolute Gasteiger partial charge is 0.185 e. The average Bonchev–Trinajstić information content (AvgIpc) is 3.53. The van der Waals surface area contributed by atoms with E-state index in [2.05, 4.69) is 20.6 Å². The number of carbonyl (C=O) groups excluding carboxylic acids is 1. The molecular weight excluding hydrogens is 447 g/mol. The maximum atomic E-state index is 12.9. The van der Waals surface area contributed by atoms with E-state index in [0.717, 1.165) is 11.4 Å². The summed E-state index contributed by atoms with van der Waals surface area (Å²) in [4.78, 5) is 12.9. The quantitative estimate of drug-likeness (QED) is 0.399. The minimum atomic E-state index is -0.00733. The van der Waals surface area contributed by atoms with Gasteiger partial charge >= 0.3 is 0 Å². The Hall–Kier alpha value is -3.55. The molecule has 1 aliphatic carbocycles. The molecule has 2 aromatic carbocycles. The van der Waals surface area contributed by atoms with Crippen LogP contribution in [0.5, 0.6) is 0 Å². The Morgan fingerprint density at radius 1 is 0.688 bits per heavy atom. The summed E-state index contributed by atoms with van der Waals surface area (Å²) in [5, 5.41) is 17.9. The SMILES string of the molecule is O=C1/C(=C/c2cn(-c3ccc(Cl)cc3)nn2)CC/C1=C\c1cn(-c2ccc(Cl)cc2)nn1. The summed E-state index contributed by atoms with van der Waals surface area (Å²) in [6.07, 6.45) is 8.42. The first-order chi connectivity index (χ1) is 15.5. The molecule has 0 atom stereocenters. The van der Waals surface area contributed by atoms with Gasteiger partial charge in [-0.15, -0.1) is 10.2 Å². The van der Waals surface area contributed by atoms with E-state index >= 15 is 0 Å². The summed E-state index contributed by atoms with van der Waals surface area (Å²) in [6.45, 7) is 0. The van der Waals surface area contributed by atoms with E-state index in [0.29, 0.717) is 45.4 Å². The van der Waals surface area contributed by atoms with Crippen molar-refractivity contribution in [1.29, 1.82) is 0 Å². The van der Waals surface area contributed by atoms with Gasteiger partial charge in [0.15, 0.2) is 5.78 Å². The third-order valence-corrected chi connectivity index (χ3v) is 5.60. The lowest BCUT2D eigenvalue weighted by Gasteiger charge is -1.98. The van der Waals surface area contributed by atoms with Gasteiger partial charge in [0.25, 0.3) is 0 Å². The number of nitrogens with zero attached hydrogens (tertiary/aromatic N) is 6. The molecule has 32 heavy (non-hydrogen) atoms. The fourth-order valence-electron chi connectivity index (χ4n) is 3.46. The third kappa shape index (κ3) is 4.26. The number of hydrogen-bond donors (Lipinski definition) is 0. The summed E-state index contributed by atoms with van der Waals surface area (Å²) in [7, 11) is 0. The van der Waals surface area contributed by atoms with Gasteiger partial charge in [0, 0.05) is 21.2 Å². The number of aromatic nitrogens is 6. The van der Waals surface area contributed by atoms with E-state index in [1.165, 1.54) is 0 Å². The van der Waals surface area contributed by atoms with E-state index in [-0.39, 0.29) is 5.78 Å². The van der Waals surface area contributed by atoms with Crippen molar-refractivity contribution in [2.45, 2.75) is 12.8 Å². The molecule has 2 aromatic heterocycles. The lowest BCUT2D eigenvalue weighted by Crippen LogP contribution is -1.95. The minimum absolute atomic E-state index is 0.00733. The van der Waals surface area contributed by atoms with Crippen LogP contribution in [-0.2, 0) is 4.79 Å². The Morgan fingerprint density at radius 3 is 1.50 bits per heavy atom. The van der Waals surface area contributed by atoms with Gasteiger partial charge in [0.05, 0.1) is 23.8 Å². The maximum Gasteiger partial charge on any atom is 0.185 e. The molecule has 5 rings (SSSR count). The van der Waals surface area contributed by atoms with Crippen LogP contribution in [-0.4, -0.2) is 35.8 Å². The van der Waals surface area contributed by atoms with Crippen molar-refractivity contribution in [2.75, 3.05) is 0 Å². The van der Waals surface area contributed by atoms with Gasteiger partial charge in [0.2, 0.25) is 0 Å². The van der Waals surface area contributed by atoms with Crippen LogP contribution in [0.4, 0.5) is 0 Å². The van der Waals surface area contributed by atoms with Crippen molar-refractivity contribution >= 4 is 41.1 Å². The summed E-state index contributed by atoms with van der Waals surface area (Å²) >= 11 is 11.9. The van der Waals surface area contributed by atoms with Gasteiger partial charge in [-0.2, -0.15) is 0 Å². The first kappa shape index (κ1) is 20.4. The molecule has 2 heterocycles. The highest BCUT2D eigenvalue weighted by molar-refractivity contribution is 6.30. The first-order valence-corrected chi connectivity index (χ1v) is 10.6. The van der Waals surface area contributed by atoms with E-state index in [9.17, 15) is 4.79 Å². The molecule has 0 N–H and O–H groups in total. The Balaban J connectivity index is 1.33. The highest BCUT2D eigenvalue weighted by atomic mass is 35.5. The van der Waals surface area contributed by atoms with Gasteiger partial charge < -0.3 is 0 Å². The fraction of sp³-hybridized carbons (Fsp3) is 0.0870. The molecule has 1 aliphatic rings. The van der Waals surface area contributed by atoms with Crippen molar-refractivity contribution in [3.63, 3.8) is 0 Å². The second kappa shape index (κ2) is 8.53. The molecule has 0 radical (unpaired) electrons. The Kier molecular flexibility index (Phi) is 5.43. The van der Waals surface area contributed by atoms with Crippen LogP contribution in [0.1, 0.15) is 24.2 Å². The molecule has 0 aliphatic heterocycles. The highest BCUT2D eigenvalue weighted by Crippen LogP contribution is 2.29. The summed E-state index contributed by atoms with van der Waals surface area (Å²) in [5.74, 6) is -0.00733. The minimum Gasteiger partial charge on any atom is -0.289 e. The summed E-state index contributed by atoms with van der Waals surface area (Å²) in [5.41, 5.74) is 4.33. The van der Waals surface area contributed by atoms with Gasteiger partial charge in [-0.1, -0.05) is 33.6 Å².